The Morgan fingerprint density at radius 1 is 0.970 bits per heavy atom. The van der Waals surface area contributed by atoms with Crippen LogP contribution in [-0.4, -0.2) is 36.7 Å². The molecule has 1 aromatic heterocycles. The van der Waals surface area contributed by atoms with E-state index in [2.05, 4.69) is 22.8 Å². The number of pyridine rings is 1. The number of thioether (sulfide) groups is 1. The van der Waals surface area contributed by atoms with E-state index in [1.165, 1.54) is 11.8 Å². The number of anilines is 1. The zero-order valence-corrected chi connectivity index (χ0v) is 19.1. The first-order valence-electron chi connectivity index (χ1n) is 10.4. The van der Waals surface area contributed by atoms with Crippen LogP contribution >= 0.6 is 11.8 Å². The molecule has 7 heteroatoms. The fraction of sp³-hybridized carbons (Fsp3) is 0.115. The van der Waals surface area contributed by atoms with Gasteiger partial charge in [0.1, 0.15) is 5.75 Å². The van der Waals surface area contributed by atoms with Crippen molar-refractivity contribution in [2.75, 3.05) is 25.2 Å². The van der Waals surface area contributed by atoms with Gasteiger partial charge >= 0.3 is 0 Å². The molecule has 0 fully saturated rings. The summed E-state index contributed by atoms with van der Waals surface area (Å²) in [5.41, 5.74) is 4.11. The van der Waals surface area contributed by atoms with Crippen molar-refractivity contribution in [3.8, 4) is 16.9 Å². The van der Waals surface area contributed by atoms with E-state index in [9.17, 15) is 9.59 Å². The lowest BCUT2D eigenvalue weighted by molar-refractivity contribution is -0.113. The number of hydrogen-bond acceptors (Lipinski definition) is 5. The van der Waals surface area contributed by atoms with Crippen molar-refractivity contribution in [2.24, 2.45) is 0 Å². The SMILES string of the molecule is CNC(=O)c1ccc(NC(=O)CSc2cc(-c3ccccc3)c3ccc(OC)cc3n2)cc1. The third kappa shape index (κ3) is 5.32. The van der Waals surface area contributed by atoms with Gasteiger partial charge in [0.2, 0.25) is 5.91 Å². The Bertz CT molecular complexity index is 1290. The highest BCUT2D eigenvalue weighted by Gasteiger charge is 2.12. The number of nitrogens with zero attached hydrogens (tertiary/aromatic N) is 1. The minimum atomic E-state index is -0.170. The van der Waals surface area contributed by atoms with Gasteiger partial charge in [-0.15, -0.1) is 0 Å². The lowest BCUT2D eigenvalue weighted by Crippen LogP contribution is -2.18. The van der Waals surface area contributed by atoms with Crippen LogP contribution in [0.5, 0.6) is 5.75 Å². The summed E-state index contributed by atoms with van der Waals surface area (Å²) in [4.78, 5) is 28.9. The van der Waals surface area contributed by atoms with Crippen molar-refractivity contribution >= 4 is 40.2 Å². The van der Waals surface area contributed by atoms with Crippen LogP contribution < -0.4 is 15.4 Å². The van der Waals surface area contributed by atoms with Gasteiger partial charge in [0.05, 0.1) is 23.4 Å². The Morgan fingerprint density at radius 3 is 2.42 bits per heavy atom. The van der Waals surface area contributed by atoms with Crippen molar-refractivity contribution in [3.63, 3.8) is 0 Å². The molecule has 2 N–H and O–H groups in total. The van der Waals surface area contributed by atoms with Crippen LogP contribution in [0.25, 0.3) is 22.0 Å². The van der Waals surface area contributed by atoms with E-state index in [4.69, 9.17) is 9.72 Å². The highest BCUT2D eigenvalue weighted by Crippen LogP contribution is 2.33. The average molecular weight is 458 g/mol. The quantitative estimate of drug-likeness (QED) is 0.382. The van der Waals surface area contributed by atoms with Crippen molar-refractivity contribution in [3.05, 3.63) is 84.4 Å². The Kier molecular flexibility index (Phi) is 6.90. The van der Waals surface area contributed by atoms with Gasteiger partial charge in [0.25, 0.3) is 5.91 Å². The van der Waals surface area contributed by atoms with Gasteiger partial charge in [0, 0.05) is 29.8 Å². The summed E-state index contributed by atoms with van der Waals surface area (Å²) in [6, 6.07) is 24.7. The number of benzene rings is 3. The van der Waals surface area contributed by atoms with Gasteiger partial charge in [-0.1, -0.05) is 42.1 Å². The highest BCUT2D eigenvalue weighted by atomic mass is 32.2. The zero-order valence-electron chi connectivity index (χ0n) is 18.3. The summed E-state index contributed by atoms with van der Waals surface area (Å²) in [5.74, 6) is 0.612. The number of carbonyl (C=O) groups is 2. The van der Waals surface area contributed by atoms with Crippen molar-refractivity contribution in [1.29, 1.82) is 0 Å². The van der Waals surface area contributed by atoms with Crippen LogP contribution in [0, 0.1) is 0 Å². The zero-order chi connectivity index (χ0) is 23.2. The molecular weight excluding hydrogens is 434 g/mol. The van der Waals surface area contributed by atoms with Gasteiger partial charge < -0.3 is 15.4 Å². The van der Waals surface area contributed by atoms with E-state index in [1.807, 2.05) is 42.5 Å². The molecule has 33 heavy (non-hydrogen) atoms. The Hall–Kier alpha value is -3.84. The van der Waals surface area contributed by atoms with Crippen LogP contribution in [0.2, 0.25) is 0 Å². The molecule has 3 aromatic carbocycles. The topological polar surface area (TPSA) is 80.3 Å². The molecule has 1 heterocycles. The number of ether oxygens (including phenoxy) is 1. The van der Waals surface area contributed by atoms with E-state index < -0.39 is 0 Å². The first-order valence-corrected chi connectivity index (χ1v) is 11.3. The number of carbonyl (C=O) groups excluding carboxylic acids is 2. The first kappa shape index (κ1) is 22.4. The maximum atomic E-state index is 12.5. The van der Waals surface area contributed by atoms with Crippen LogP contribution in [-0.2, 0) is 4.79 Å². The molecule has 166 valence electrons. The summed E-state index contributed by atoms with van der Waals surface area (Å²) in [6.45, 7) is 0. The van der Waals surface area contributed by atoms with Crippen molar-refractivity contribution in [2.45, 2.75) is 5.03 Å². The highest BCUT2D eigenvalue weighted by molar-refractivity contribution is 7.99. The lowest BCUT2D eigenvalue weighted by atomic mass is 10.0. The fourth-order valence-corrected chi connectivity index (χ4v) is 4.14. The monoisotopic (exact) mass is 457 g/mol. The number of methoxy groups -OCH3 is 1. The predicted octanol–water partition coefficient (Wildman–Crippen LogP) is 5.00. The Balaban J connectivity index is 1.53. The second-order valence-corrected chi connectivity index (χ2v) is 8.25. The molecule has 0 atom stereocenters. The minimum Gasteiger partial charge on any atom is -0.497 e. The van der Waals surface area contributed by atoms with Crippen molar-refractivity contribution in [1.82, 2.24) is 10.3 Å². The Labute approximate surface area is 196 Å². The van der Waals surface area contributed by atoms with Gasteiger partial charge in [0.15, 0.2) is 0 Å². The van der Waals surface area contributed by atoms with Crippen LogP contribution in [0.4, 0.5) is 5.69 Å². The molecule has 0 radical (unpaired) electrons. The summed E-state index contributed by atoms with van der Waals surface area (Å²) >= 11 is 1.37. The van der Waals surface area contributed by atoms with E-state index in [-0.39, 0.29) is 17.6 Å². The predicted molar refractivity (Wildman–Crippen MR) is 133 cm³/mol. The largest absolute Gasteiger partial charge is 0.497 e. The molecule has 4 rings (SSSR count). The minimum absolute atomic E-state index is 0.151. The van der Waals surface area contributed by atoms with E-state index in [0.29, 0.717) is 11.3 Å². The molecule has 4 aromatic rings. The lowest BCUT2D eigenvalue weighted by Gasteiger charge is -2.11. The van der Waals surface area contributed by atoms with Gasteiger partial charge in [-0.3, -0.25) is 9.59 Å². The summed E-state index contributed by atoms with van der Waals surface area (Å²) in [7, 11) is 3.21. The van der Waals surface area contributed by atoms with E-state index in [0.717, 1.165) is 32.8 Å². The number of nitrogens with one attached hydrogen (secondary N) is 2. The summed E-state index contributed by atoms with van der Waals surface area (Å²) in [5, 5.41) is 7.20. The average Bonchev–Trinajstić information content (AvgIpc) is 2.87. The van der Waals surface area contributed by atoms with Crippen LogP contribution in [0.1, 0.15) is 10.4 Å². The number of amides is 2. The second kappa shape index (κ2) is 10.2. The van der Waals surface area contributed by atoms with E-state index >= 15 is 0 Å². The third-order valence-electron chi connectivity index (χ3n) is 5.09. The number of fused-ring (bicyclic) bond motifs is 1. The summed E-state index contributed by atoms with van der Waals surface area (Å²) in [6.07, 6.45) is 0. The number of rotatable bonds is 7. The molecule has 0 spiro atoms. The number of hydrogen-bond donors (Lipinski definition) is 2. The standard InChI is InChI=1S/C26H23N3O3S/c1-27-26(31)18-8-10-19(11-9-18)28-24(30)16-33-25-15-22(17-6-4-3-5-7-17)21-13-12-20(32-2)14-23(21)29-25/h3-15H,16H2,1-2H3,(H,27,31)(H,28,30). The van der Waals surface area contributed by atoms with Gasteiger partial charge in [-0.2, -0.15) is 0 Å². The number of aromatic nitrogens is 1. The van der Waals surface area contributed by atoms with Gasteiger partial charge in [-0.05, 0) is 53.6 Å². The molecule has 0 aliphatic heterocycles. The molecule has 0 unspecified atom stereocenters. The fourth-order valence-electron chi connectivity index (χ4n) is 3.43. The normalized spacial score (nSPS) is 10.6. The molecule has 0 aliphatic rings. The summed E-state index contributed by atoms with van der Waals surface area (Å²) < 4.78 is 5.37. The maximum absolute atomic E-state index is 12.5. The van der Waals surface area contributed by atoms with Crippen LogP contribution in [0.3, 0.4) is 0 Å². The Morgan fingerprint density at radius 2 is 1.73 bits per heavy atom. The third-order valence-corrected chi connectivity index (χ3v) is 6.00. The van der Waals surface area contributed by atoms with Gasteiger partial charge in [-0.25, -0.2) is 4.98 Å². The molecule has 2 amide bonds. The molecule has 0 saturated carbocycles. The van der Waals surface area contributed by atoms with E-state index in [1.54, 1.807) is 38.4 Å². The molecule has 0 bridgehead atoms. The molecular formula is C26H23N3O3S. The van der Waals surface area contributed by atoms with Crippen LogP contribution in [0.15, 0.2) is 83.9 Å². The van der Waals surface area contributed by atoms with Crippen molar-refractivity contribution < 1.29 is 14.3 Å². The second-order valence-electron chi connectivity index (χ2n) is 7.25. The maximum Gasteiger partial charge on any atom is 0.251 e. The smallest absolute Gasteiger partial charge is 0.251 e. The molecule has 0 aliphatic carbocycles. The molecule has 0 saturated heterocycles. The molecule has 6 nitrogen and oxygen atoms in total. The first-order chi connectivity index (χ1) is 16.1.